The van der Waals surface area contributed by atoms with Gasteiger partial charge in [0.05, 0.1) is 53.7 Å². The Morgan fingerprint density at radius 3 is 2.26 bits per heavy atom. The number of hydrogen-bond donors (Lipinski definition) is 2. The fourth-order valence-corrected chi connectivity index (χ4v) is 5.70. The van der Waals surface area contributed by atoms with Crippen LogP contribution < -0.4 is 15.0 Å². The number of aliphatic hydroxyl groups excluding tert-OH is 1. The molecule has 3 aromatic rings. The normalized spacial score (nSPS) is 18.0. The molecule has 2 aromatic carbocycles. The summed E-state index contributed by atoms with van der Waals surface area (Å²) < 4.78 is 102. The number of ether oxygens (including phenoxy) is 2. The first kappa shape index (κ1) is 35.0. The molecule has 1 aliphatic heterocycles. The van der Waals surface area contributed by atoms with Crippen molar-refractivity contribution < 1.29 is 49.7 Å². The fourth-order valence-electron chi connectivity index (χ4n) is 4.88. The van der Waals surface area contributed by atoms with Crippen molar-refractivity contribution in [2.24, 2.45) is 0 Å². The largest absolute Gasteiger partial charge is 0.489 e. The molecule has 1 aliphatic rings. The van der Waals surface area contributed by atoms with Gasteiger partial charge in [0.15, 0.2) is 9.84 Å². The number of aromatic nitrogens is 1. The van der Waals surface area contributed by atoms with Crippen molar-refractivity contribution in [3.05, 3.63) is 83.7 Å². The van der Waals surface area contributed by atoms with Gasteiger partial charge in [-0.15, -0.1) is 0 Å². The van der Waals surface area contributed by atoms with Crippen molar-refractivity contribution >= 4 is 21.4 Å². The summed E-state index contributed by atoms with van der Waals surface area (Å²) in [6.07, 6.45) is -7.52. The van der Waals surface area contributed by atoms with Gasteiger partial charge in [0.2, 0.25) is 0 Å². The molecule has 15 heteroatoms. The van der Waals surface area contributed by atoms with E-state index in [1.54, 1.807) is 17.0 Å². The number of benzene rings is 2. The number of carbonyl (C=O) groups excluding carboxylic acids is 1. The molecule has 0 radical (unpaired) electrons. The second-order valence-electron chi connectivity index (χ2n) is 10.7. The Balaban J connectivity index is 1.46. The van der Waals surface area contributed by atoms with Gasteiger partial charge in [-0.2, -0.15) is 22.0 Å². The molecule has 1 amide bonds. The topological polar surface area (TPSA) is 118 Å². The molecule has 2 N–H and O–H groups in total. The van der Waals surface area contributed by atoms with Gasteiger partial charge in [-0.3, -0.25) is 9.78 Å². The van der Waals surface area contributed by atoms with E-state index in [2.05, 4.69) is 10.3 Å². The van der Waals surface area contributed by atoms with E-state index < -0.39 is 64.8 Å². The Hall–Kier alpha value is -3.82. The quantitative estimate of drug-likeness (QED) is 0.232. The van der Waals surface area contributed by atoms with Gasteiger partial charge in [-0.1, -0.05) is 13.8 Å². The van der Waals surface area contributed by atoms with Crippen LogP contribution in [-0.4, -0.2) is 68.2 Å². The minimum absolute atomic E-state index is 0.0217. The lowest BCUT2D eigenvalue weighted by Gasteiger charge is -2.28. The third kappa shape index (κ3) is 8.70. The number of alkyl halides is 5. The maximum absolute atomic E-state index is 13.9. The van der Waals surface area contributed by atoms with Gasteiger partial charge in [0, 0.05) is 30.3 Å². The summed E-state index contributed by atoms with van der Waals surface area (Å²) in [4.78, 5) is 18.9. The Kier molecular flexibility index (Phi) is 10.9. The van der Waals surface area contributed by atoms with Crippen molar-refractivity contribution in [3.8, 4) is 5.75 Å². The molecule has 46 heavy (non-hydrogen) atoms. The van der Waals surface area contributed by atoms with E-state index in [-0.39, 0.29) is 47.2 Å². The third-order valence-corrected chi connectivity index (χ3v) is 9.28. The van der Waals surface area contributed by atoms with Crippen molar-refractivity contribution in [1.29, 1.82) is 0 Å². The number of carbonyl (C=O) groups is 1. The lowest BCUT2D eigenvalue weighted by molar-refractivity contribution is -0.241. The fraction of sp³-hybridized carbons (Fsp3) is 0.419. The summed E-state index contributed by atoms with van der Waals surface area (Å²) in [6, 6.07) is 11.7. The Labute approximate surface area is 263 Å². The molecule has 0 spiro atoms. The summed E-state index contributed by atoms with van der Waals surface area (Å²) in [6.45, 7) is 2.15. The summed E-state index contributed by atoms with van der Waals surface area (Å²) >= 11 is 0. The van der Waals surface area contributed by atoms with E-state index in [9.17, 15) is 40.3 Å². The highest BCUT2D eigenvalue weighted by Gasteiger charge is 2.37. The summed E-state index contributed by atoms with van der Waals surface area (Å²) in [5.41, 5.74) is 0.212. The average Bonchev–Trinajstić information content (AvgIpc) is 3.45. The van der Waals surface area contributed by atoms with E-state index in [0.717, 1.165) is 12.1 Å². The maximum atomic E-state index is 13.9. The molecule has 1 saturated heterocycles. The number of halogens is 5. The first-order valence-electron chi connectivity index (χ1n) is 14.5. The number of pyridine rings is 1. The van der Waals surface area contributed by atoms with E-state index in [1.807, 2.05) is 0 Å². The molecule has 4 rings (SSSR count). The first-order valence-corrected chi connectivity index (χ1v) is 16.1. The van der Waals surface area contributed by atoms with Gasteiger partial charge in [0.1, 0.15) is 11.9 Å². The van der Waals surface area contributed by atoms with Crippen LogP contribution in [-0.2, 0) is 20.8 Å². The molecule has 0 aliphatic carbocycles. The van der Waals surface area contributed by atoms with Gasteiger partial charge in [0.25, 0.3) is 5.91 Å². The van der Waals surface area contributed by atoms with Gasteiger partial charge in [-0.25, -0.2) is 8.42 Å². The zero-order valence-electron chi connectivity index (χ0n) is 25.0. The number of hydrogen-bond acceptors (Lipinski definition) is 8. The molecule has 0 saturated carbocycles. The van der Waals surface area contributed by atoms with Gasteiger partial charge >= 0.3 is 12.3 Å². The maximum Gasteiger partial charge on any atom is 0.416 e. The third-order valence-electron chi connectivity index (χ3n) is 7.56. The Morgan fingerprint density at radius 1 is 1.04 bits per heavy atom. The number of sulfone groups is 1. The molecule has 2 heterocycles. The van der Waals surface area contributed by atoms with Crippen LogP contribution in [0.15, 0.2) is 71.8 Å². The van der Waals surface area contributed by atoms with Crippen LogP contribution in [0, 0.1) is 0 Å². The van der Waals surface area contributed by atoms with Crippen LogP contribution >= 0.6 is 0 Å². The second kappa shape index (κ2) is 14.3. The van der Waals surface area contributed by atoms with Crippen LogP contribution in [0.1, 0.15) is 54.3 Å². The van der Waals surface area contributed by atoms with E-state index in [0.29, 0.717) is 5.69 Å². The van der Waals surface area contributed by atoms with Gasteiger partial charge < -0.3 is 24.8 Å². The highest BCUT2D eigenvalue weighted by Crippen LogP contribution is 2.33. The molecule has 3 atom stereocenters. The lowest BCUT2D eigenvalue weighted by Crippen LogP contribution is -2.36. The van der Waals surface area contributed by atoms with Crippen molar-refractivity contribution in [3.63, 3.8) is 0 Å². The monoisotopic (exact) mass is 671 g/mol. The number of rotatable bonds is 13. The number of nitrogens with zero attached hydrogens (tertiary/aromatic N) is 2. The second-order valence-corrected chi connectivity index (χ2v) is 13.0. The predicted molar refractivity (Wildman–Crippen MR) is 158 cm³/mol. The summed E-state index contributed by atoms with van der Waals surface area (Å²) in [5.74, 6) is -0.460. The molecule has 250 valence electrons. The Morgan fingerprint density at radius 2 is 1.72 bits per heavy atom. The highest BCUT2D eigenvalue weighted by atomic mass is 32.2. The van der Waals surface area contributed by atoms with Crippen molar-refractivity contribution in [1.82, 2.24) is 10.3 Å². The van der Waals surface area contributed by atoms with Crippen LogP contribution in [0.2, 0.25) is 0 Å². The van der Waals surface area contributed by atoms with Crippen LogP contribution in [0.5, 0.6) is 5.75 Å². The average molecular weight is 672 g/mol. The van der Waals surface area contributed by atoms with Crippen LogP contribution in [0.3, 0.4) is 0 Å². The van der Waals surface area contributed by atoms with E-state index in [1.165, 1.54) is 56.4 Å². The lowest BCUT2D eigenvalue weighted by atomic mass is 10.1. The molecule has 1 unspecified atom stereocenters. The van der Waals surface area contributed by atoms with E-state index in [4.69, 9.17) is 9.47 Å². The van der Waals surface area contributed by atoms with Crippen LogP contribution in [0.4, 0.5) is 27.6 Å². The minimum Gasteiger partial charge on any atom is -0.489 e. The number of nitrogens with one attached hydrogen (secondary N) is 1. The first-order chi connectivity index (χ1) is 21.7. The zero-order chi connectivity index (χ0) is 33.7. The zero-order valence-corrected chi connectivity index (χ0v) is 25.8. The van der Waals surface area contributed by atoms with E-state index >= 15 is 0 Å². The molecule has 1 aromatic heterocycles. The van der Waals surface area contributed by atoms with Crippen LogP contribution in [0.25, 0.3) is 0 Å². The van der Waals surface area contributed by atoms with Crippen molar-refractivity contribution in [2.75, 3.05) is 30.4 Å². The molecule has 9 nitrogen and oxygen atoms in total. The molecule has 0 bridgehead atoms. The van der Waals surface area contributed by atoms with Gasteiger partial charge in [-0.05, 0) is 60.7 Å². The Bertz CT molecular complexity index is 1570. The predicted octanol–water partition coefficient (Wildman–Crippen LogP) is 5.40. The smallest absolute Gasteiger partial charge is 0.416 e. The molecular weight excluding hydrogens is 637 g/mol. The van der Waals surface area contributed by atoms with Crippen molar-refractivity contribution in [2.45, 2.75) is 62.1 Å². The molecule has 1 fully saturated rings. The minimum atomic E-state index is -4.50. The summed E-state index contributed by atoms with van der Waals surface area (Å²) in [7, 11) is -3.47. The SMILES string of the molecule is CCC(F)(F)OC[C@@H]1C[C@H](Oc2ccc(C(F)(F)F)cc2)CN1c1ccc(C(=O)NC(CO)c2ccc(S(=O)(=O)CC)cn2)cc1. The number of amides is 1. The highest BCUT2D eigenvalue weighted by molar-refractivity contribution is 7.91. The number of aliphatic hydroxyl groups is 1. The number of anilines is 1. The summed E-state index contributed by atoms with van der Waals surface area (Å²) in [5, 5.41) is 12.5. The molecular formula is C31H34F5N3O6S. The standard InChI is InChI=1S/C31H34F5N3O6S/c1-3-30(32,33)44-19-23-15-25(45-24-11-7-21(8-12-24)31(34,35)36)17-39(23)22-9-5-20(6-10-22)29(41)38-28(18-40)27-14-13-26(16-37-27)46(42,43)4-2/h5-14,16,23,25,28,40H,3-4,15,17-19H2,1-2H3,(H,38,41)/t23-,25-,28?/m0/s1.